The highest BCUT2D eigenvalue weighted by Crippen LogP contribution is 2.36. The number of methoxy groups -OCH3 is 1. The average molecular weight is 505 g/mol. The van der Waals surface area contributed by atoms with Crippen LogP contribution in [0.25, 0.3) is 6.08 Å². The number of amides is 1. The number of carbonyl (C=O) groups is 1. The Morgan fingerprint density at radius 2 is 1.78 bits per heavy atom. The summed E-state index contributed by atoms with van der Waals surface area (Å²) >= 11 is 1.33. The number of likely N-dealkylation sites (N-methyl/N-ethyl adjacent to an activating group) is 1. The molecule has 188 valence electrons. The van der Waals surface area contributed by atoms with Gasteiger partial charge in [-0.3, -0.25) is 14.2 Å². The molecule has 36 heavy (non-hydrogen) atoms. The summed E-state index contributed by atoms with van der Waals surface area (Å²) in [7, 11) is 5.58. The Balaban J connectivity index is 1.95. The zero-order valence-electron chi connectivity index (χ0n) is 21.6. The number of ether oxygens (including phenoxy) is 1. The molecule has 0 spiro atoms. The highest BCUT2D eigenvalue weighted by molar-refractivity contribution is 7.07. The van der Waals surface area contributed by atoms with Crippen LogP contribution in [0.3, 0.4) is 0 Å². The quantitative estimate of drug-likeness (QED) is 0.496. The predicted molar refractivity (Wildman–Crippen MR) is 145 cm³/mol. The number of nitrogens with zero attached hydrogens (tertiary/aromatic N) is 4. The van der Waals surface area contributed by atoms with E-state index in [0.29, 0.717) is 39.4 Å². The lowest BCUT2D eigenvalue weighted by Crippen LogP contribution is -2.43. The van der Waals surface area contributed by atoms with Gasteiger partial charge < -0.3 is 14.5 Å². The molecule has 3 aromatic rings. The van der Waals surface area contributed by atoms with Crippen molar-refractivity contribution in [1.29, 1.82) is 0 Å². The monoisotopic (exact) mass is 504 g/mol. The molecule has 0 fully saturated rings. The van der Waals surface area contributed by atoms with Gasteiger partial charge in [-0.15, -0.1) is 0 Å². The van der Waals surface area contributed by atoms with Crippen LogP contribution in [0, 0.1) is 0 Å². The molecule has 2 aromatic carbocycles. The van der Waals surface area contributed by atoms with E-state index in [2.05, 4.69) is 0 Å². The van der Waals surface area contributed by atoms with Gasteiger partial charge in [-0.25, -0.2) is 4.99 Å². The molecule has 2 heterocycles. The molecule has 8 heteroatoms. The molecule has 0 bridgehead atoms. The second-order valence-corrected chi connectivity index (χ2v) is 9.80. The van der Waals surface area contributed by atoms with Gasteiger partial charge in [0.15, 0.2) is 4.80 Å². The molecule has 0 radical (unpaired) electrons. The van der Waals surface area contributed by atoms with Crippen LogP contribution < -0.4 is 24.5 Å². The van der Waals surface area contributed by atoms with Crippen molar-refractivity contribution in [2.45, 2.75) is 26.8 Å². The second kappa shape index (κ2) is 10.5. The summed E-state index contributed by atoms with van der Waals surface area (Å²) in [6, 6.07) is 14.9. The highest BCUT2D eigenvalue weighted by atomic mass is 32.1. The molecule has 0 saturated carbocycles. The molecule has 1 aromatic heterocycles. The van der Waals surface area contributed by atoms with Gasteiger partial charge in [-0.1, -0.05) is 41.7 Å². The first-order chi connectivity index (χ1) is 17.3. The first-order valence-corrected chi connectivity index (χ1v) is 12.8. The lowest BCUT2D eigenvalue weighted by atomic mass is 9.94. The smallest absolute Gasteiger partial charge is 0.271 e. The highest BCUT2D eigenvalue weighted by Gasteiger charge is 2.35. The van der Waals surface area contributed by atoms with E-state index in [-0.39, 0.29) is 11.5 Å². The number of aromatic nitrogens is 1. The Labute approximate surface area is 215 Å². The van der Waals surface area contributed by atoms with Crippen LogP contribution >= 0.6 is 11.3 Å². The summed E-state index contributed by atoms with van der Waals surface area (Å²) < 4.78 is 7.87. The molecule has 1 aliphatic heterocycles. The second-order valence-electron chi connectivity index (χ2n) is 8.79. The van der Waals surface area contributed by atoms with Crippen molar-refractivity contribution >= 4 is 29.0 Å². The molecule has 7 nitrogen and oxygen atoms in total. The van der Waals surface area contributed by atoms with Gasteiger partial charge in [0.05, 0.1) is 22.9 Å². The van der Waals surface area contributed by atoms with Crippen molar-refractivity contribution in [3.8, 4) is 5.75 Å². The molecule has 4 rings (SSSR count). The Hall–Kier alpha value is -3.65. The van der Waals surface area contributed by atoms with E-state index in [1.165, 1.54) is 11.3 Å². The SMILES string of the molecule is CCN(CC)C(=O)C1=C(C)N=c2s/c(=C/c3ccc(N(C)C)cc3)c(=O)n2[C@@H]1c1ccccc1OC. The number of fused-ring (bicyclic) bond motifs is 1. The molecule has 1 aliphatic rings. The van der Waals surface area contributed by atoms with Gasteiger partial charge in [0.1, 0.15) is 11.8 Å². The number of benzene rings is 2. The van der Waals surface area contributed by atoms with Gasteiger partial charge in [0, 0.05) is 38.4 Å². The van der Waals surface area contributed by atoms with Crippen LogP contribution in [0.2, 0.25) is 0 Å². The number of allylic oxidation sites excluding steroid dienone is 1. The van der Waals surface area contributed by atoms with E-state index < -0.39 is 6.04 Å². The lowest BCUT2D eigenvalue weighted by molar-refractivity contribution is -0.127. The molecular formula is C28H32N4O3S. The summed E-state index contributed by atoms with van der Waals surface area (Å²) in [5, 5.41) is 0. The number of hydrogen-bond acceptors (Lipinski definition) is 6. The van der Waals surface area contributed by atoms with E-state index in [1.54, 1.807) is 16.6 Å². The summed E-state index contributed by atoms with van der Waals surface area (Å²) in [6.45, 7) is 6.88. The van der Waals surface area contributed by atoms with Gasteiger partial charge in [-0.05, 0) is 50.6 Å². The fraction of sp³-hybridized carbons (Fsp3) is 0.321. The number of hydrogen-bond donors (Lipinski definition) is 0. The summed E-state index contributed by atoms with van der Waals surface area (Å²) in [5.74, 6) is 0.501. The normalized spacial score (nSPS) is 15.4. The number of anilines is 1. The first kappa shape index (κ1) is 25.4. The van der Waals surface area contributed by atoms with Crippen molar-refractivity contribution in [2.75, 3.05) is 39.2 Å². The van der Waals surface area contributed by atoms with E-state index in [1.807, 2.05) is 94.4 Å². The molecule has 0 unspecified atom stereocenters. The maximum absolute atomic E-state index is 13.8. The van der Waals surface area contributed by atoms with Crippen LogP contribution in [0.1, 0.15) is 37.9 Å². The third-order valence-corrected chi connectivity index (χ3v) is 7.43. The van der Waals surface area contributed by atoms with Gasteiger partial charge in [0.2, 0.25) is 0 Å². The molecule has 0 N–H and O–H groups in total. The summed E-state index contributed by atoms with van der Waals surface area (Å²) in [4.78, 5) is 36.6. The van der Waals surface area contributed by atoms with E-state index >= 15 is 0 Å². The Bertz CT molecular complexity index is 1480. The zero-order valence-corrected chi connectivity index (χ0v) is 22.4. The standard InChI is InChI=1S/C28H32N4O3S/c1-7-31(8-2)27(34)24-18(3)29-28-32(25(24)21-11-9-10-12-22(21)35-6)26(33)23(36-28)17-19-13-15-20(16-14-19)30(4)5/h9-17,25H,7-8H2,1-6H3/b23-17+/t25-/m1/s1. The van der Waals surface area contributed by atoms with Gasteiger partial charge >= 0.3 is 0 Å². The molecule has 1 amide bonds. The van der Waals surface area contributed by atoms with Crippen LogP contribution in [0.15, 0.2) is 69.6 Å². The molecule has 1 atom stereocenters. The van der Waals surface area contributed by atoms with E-state index in [4.69, 9.17) is 9.73 Å². The van der Waals surface area contributed by atoms with Gasteiger partial charge in [-0.2, -0.15) is 0 Å². The van der Waals surface area contributed by atoms with Crippen molar-refractivity contribution in [3.05, 3.63) is 90.6 Å². The first-order valence-electron chi connectivity index (χ1n) is 12.0. The number of rotatable bonds is 7. The predicted octanol–water partition coefficient (Wildman–Crippen LogP) is 3.18. The van der Waals surface area contributed by atoms with Crippen LogP contribution in [-0.4, -0.2) is 49.7 Å². The fourth-order valence-electron chi connectivity index (χ4n) is 4.48. The minimum atomic E-state index is -0.635. The lowest BCUT2D eigenvalue weighted by Gasteiger charge is -2.29. The average Bonchev–Trinajstić information content (AvgIpc) is 3.18. The Morgan fingerprint density at radius 3 is 2.39 bits per heavy atom. The Morgan fingerprint density at radius 1 is 1.11 bits per heavy atom. The maximum Gasteiger partial charge on any atom is 0.271 e. The van der Waals surface area contributed by atoms with Crippen LogP contribution in [-0.2, 0) is 4.79 Å². The molecule has 0 saturated heterocycles. The number of carbonyl (C=O) groups excluding carboxylic acids is 1. The minimum Gasteiger partial charge on any atom is -0.496 e. The van der Waals surface area contributed by atoms with E-state index in [9.17, 15) is 9.59 Å². The largest absolute Gasteiger partial charge is 0.496 e. The van der Waals surface area contributed by atoms with Crippen molar-refractivity contribution in [2.24, 2.45) is 4.99 Å². The topological polar surface area (TPSA) is 67.1 Å². The van der Waals surface area contributed by atoms with Crippen molar-refractivity contribution in [3.63, 3.8) is 0 Å². The summed E-state index contributed by atoms with van der Waals surface area (Å²) in [6.07, 6.45) is 1.88. The molecule has 0 aliphatic carbocycles. The van der Waals surface area contributed by atoms with Crippen LogP contribution in [0.5, 0.6) is 5.75 Å². The van der Waals surface area contributed by atoms with Crippen molar-refractivity contribution < 1.29 is 9.53 Å². The number of para-hydroxylation sites is 1. The van der Waals surface area contributed by atoms with Crippen molar-refractivity contribution in [1.82, 2.24) is 9.47 Å². The van der Waals surface area contributed by atoms with E-state index in [0.717, 1.165) is 16.8 Å². The third-order valence-electron chi connectivity index (χ3n) is 6.44. The third kappa shape index (κ3) is 4.60. The van der Waals surface area contributed by atoms with Gasteiger partial charge in [0.25, 0.3) is 11.5 Å². The molecular weight excluding hydrogens is 472 g/mol. The van der Waals surface area contributed by atoms with Crippen LogP contribution in [0.4, 0.5) is 5.69 Å². The Kier molecular flexibility index (Phi) is 7.45. The maximum atomic E-state index is 13.8. The number of thiazole rings is 1. The fourth-order valence-corrected chi connectivity index (χ4v) is 5.53. The zero-order chi connectivity index (χ0) is 26.0. The summed E-state index contributed by atoms with van der Waals surface area (Å²) in [5.41, 5.74) is 3.70. The minimum absolute atomic E-state index is 0.120.